The van der Waals surface area contributed by atoms with Crippen LogP contribution in [0.2, 0.25) is 0 Å². The van der Waals surface area contributed by atoms with Crippen LogP contribution in [-0.4, -0.2) is 50.5 Å². The number of amides is 1. The van der Waals surface area contributed by atoms with E-state index < -0.39 is 17.2 Å². The lowest BCUT2D eigenvalue weighted by Gasteiger charge is -2.12. The van der Waals surface area contributed by atoms with E-state index in [4.69, 9.17) is 0 Å². The lowest BCUT2D eigenvalue weighted by Crippen LogP contribution is -2.32. The van der Waals surface area contributed by atoms with Crippen molar-refractivity contribution in [2.45, 2.75) is 32.4 Å². The zero-order valence-electron chi connectivity index (χ0n) is 20.3. The Morgan fingerprint density at radius 3 is 2.84 bits per heavy atom. The Morgan fingerprint density at radius 2 is 2.05 bits per heavy atom. The fourth-order valence-electron chi connectivity index (χ4n) is 4.50. The number of aryl methyl sites for hydroxylation is 1. The van der Waals surface area contributed by atoms with Gasteiger partial charge in [0.15, 0.2) is 17.3 Å². The number of nitrogens with one attached hydrogen (secondary N) is 3. The van der Waals surface area contributed by atoms with E-state index in [-0.39, 0.29) is 16.8 Å². The summed E-state index contributed by atoms with van der Waals surface area (Å²) >= 11 is 1.34. The van der Waals surface area contributed by atoms with Crippen molar-refractivity contribution in [2.75, 3.05) is 25.0 Å². The van der Waals surface area contributed by atoms with Gasteiger partial charge in [-0.1, -0.05) is 12.1 Å². The number of hydrogen-bond donors (Lipinski definition) is 3. The normalized spacial score (nSPS) is 13.6. The summed E-state index contributed by atoms with van der Waals surface area (Å²) in [5, 5.41) is 9.34. The van der Waals surface area contributed by atoms with Gasteiger partial charge in [0.05, 0.1) is 15.6 Å². The van der Waals surface area contributed by atoms with Crippen molar-refractivity contribution in [3.63, 3.8) is 0 Å². The van der Waals surface area contributed by atoms with Crippen molar-refractivity contribution in [2.24, 2.45) is 0 Å². The van der Waals surface area contributed by atoms with E-state index in [9.17, 15) is 9.59 Å². The van der Waals surface area contributed by atoms with Gasteiger partial charge in [-0.2, -0.15) is 0 Å². The molecule has 0 saturated heterocycles. The highest BCUT2D eigenvalue weighted by molar-refractivity contribution is 7.24. The zero-order chi connectivity index (χ0) is 25.5. The molecule has 9 nitrogen and oxygen atoms in total. The van der Waals surface area contributed by atoms with Crippen LogP contribution in [0.15, 0.2) is 47.5 Å². The molecule has 4 heterocycles. The quantitative estimate of drug-likeness (QED) is 0.258. The molecule has 1 amide bonds. The summed E-state index contributed by atoms with van der Waals surface area (Å²) < 4.78 is 19.7. The molecule has 3 N–H and O–H groups in total. The molecule has 11 heteroatoms. The first-order valence-corrected chi connectivity index (χ1v) is 13.1. The molecule has 6 rings (SSSR count). The summed E-state index contributed by atoms with van der Waals surface area (Å²) in [7, 11) is 0. The van der Waals surface area contributed by atoms with Gasteiger partial charge < -0.3 is 20.5 Å². The Labute approximate surface area is 215 Å². The molecular formula is C26H26FN7O2S. The second kappa shape index (κ2) is 9.56. The number of anilines is 1. The number of imidazole rings is 1. The molecule has 1 aromatic carbocycles. The first-order chi connectivity index (χ1) is 18.0. The summed E-state index contributed by atoms with van der Waals surface area (Å²) in [5.41, 5.74) is 0.580. The molecule has 0 atom stereocenters. The lowest BCUT2D eigenvalue weighted by molar-refractivity contribution is 0.0953. The molecule has 0 unspecified atom stereocenters. The van der Waals surface area contributed by atoms with Crippen LogP contribution in [0.1, 0.15) is 29.0 Å². The van der Waals surface area contributed by atoms with Gasteiger partial charge in [0.1, 0.15) is 16.2 Å². The molecule has 1 saturated carbocycles. The summed E-state index contributed by atoms with van der Waals surface area (Å²) in [4.78, 5) is 36.1. The number of halogens is 1. The van der Waals surface area contributed by atoms with Gasteiger partial charge in [0, 0.05) is 44.6 Å². The van der Waals surface area contributed by atoms with Crippen LogP contribution in [-0.2, 0) is 6.54 Å². The van der Waals surface area contributed by atoms with Crippen LogP contribution in [0.5, 0.6) is 0 Å². The van der Waals surface area contributed by atoms with E-state index in [1.54, 1.807) is 10.6 Å². The van der Waals surface area contributed by atoms with E-state index in [1.165, 1.54) is 30.2 Å². The summed E-state index contributed by atoms with van der Waals surface area (Å²) in [6.45, 7) is 3.91. The molecule has 1 aliphatic carbocycles. The number of carbonyl (C=O) groups excluding carboxylic acids is 1. The third-order valence-corrected chi connectivity index (χ3v) is 7.73. The third kappa shape index (κ3) is 4.44. The van der Waals surface area contributed by atoms with Gasteiger partial charge >= 0.3 is 0 Å². The topological polar surface area (TPSA) is 105 Å². The van der Waals surface area contributed by atoms with Crippen LogP contribution in [0.4, 0.5) is 10.2 Å². The number of benzene rings is 1. The highest BCUT2D eigenvalue weighted by Crippen LogP contribution is 2.31. The zero-order valence-corrected chi connectivity index (χ0v) is 21.1. The largest absolute Gasteiger partial charge is 0.366 e. The molecule has 0 spiro atoms. The highest BCUT2D eigenvalue weighted by atomic mass is 32.1. The molecule has 1 aliphatic rings. The van der Waals surface area contributed by atoms with E-state index in [0.29, 0.717) is 42.7 Å². The Bertz CT molecular complexity index is 1700. The number of pyridine rings is 2. The average Bonchev–Trinajstić information content (AvgIpc) is 3.51. The molecule has 0 aliphatic heterocycles. The van der Waals surface area contributed by atoms with Crippen LogP contribution >= 0.6 is 11.3 Å². The van der Waals surface area contributed by atoms with Crippen molar-refractivity contribution in [3.05, 3.63) is 70.2 Å². The fourth-order valence-corrected chi connectivity index (χ4v) is 5.68. The molecular weight excluding hydrogens is 493 g/mol. The van der Waals surface area contributed by atoms with Gasteiger partial charge in [-0.3, -0.25) is 14.0 Å². The second-order valence-electron chi connectivity index (χ2n) is 9.18. The van der Waals surface area contributed by atoms with Gasteiger partial charge in [-0.25, -0.2) is 14.4 Å². The minimum atomic E-state index is -0.627. The van der Waals surface area contributed by atoms with Crippen molar-refractivity contribution in [3.8, 4) is 0 Å². The Morgan fingerprint density at radius 1 is 1.22 bits per heavy atom. The summed E-state index contributed by atoms with van der Waals surface area (Å²) in [5.74, 6) is -0.206. The maximum atomic E-state index is 15.1. The van der Waals surface area contributed by atoms with Crippen LogP contribution in [0, 0.1) is 12.7 Å². The highest BCUT2D eigenvalue weighted by Gasteiger charge is 2.24. The van der Waals surface area contributed by atoms with Crippen molar-refractivity contribution in [1.82, 2.24) is 29.6 Å². The van der Waals surface area contributed by atoms with Gasteiger partial charge in [-0.05, 0) is 38.0 Å². The third-order valence-electron chi connectivity index (χ3n) is 6.59. The molecule has 0 bridgehead atoms. The molecule has 37 heavy (non-hydrogen) atoms. The van der Waals surface area contributed by atoms with E-state index >= 15 is 4.39 Å². The van der Waals surface area contributed by atoms with Gasteiger partial charge in [0.25, 0.3) is 5.91 Å². The second-order valence-corrected chi connectivity index (χ2v) is 10.2. The SMILES string of the molecule is Cc1nccn1CCNC(=O)c1c(=O)c2cc(F)c(NCCNC3CC3)nc2n2c1sc1ccccc12. The Hall–Kier alpha value is -3.83. The molecule has 190 valence electrons. The number of thiazole rings is 1. The van der Waals surface area contributed by atoms with E-state index in [1.807, 2.05) is 42.0 Å². The predicted molar refractivity (Wildman–Crippen MR) is 143 cm³/mol. The number of carbonyl (C=O) groups is 1. The fraction of sp³-hybridized carbons (Fsp3) is 0.308. The van der Waals surface area contributed by atoms with Crippen LogP contribution in [0.3, 0.4) is 0 Å². The van der Waals surface area contributed by atoms with Crippen LogP contribution in [0.25, 0.3) is 26.1 Å². The Kier molecular flexibility index (Phi) is 6.09. The predicted octanol–water partition coefficient (Wildman–Crippen LogP) is 3.30. The number of fused-ring (bicyclic) bond motifs is 5. The van der Waals surface area contributed by atoms with Crippen molar-refractivity contribution < 1.29 is 9.18 Å². The van der Waals surface area contributed by atoms with E-state index in [2.05, 4.69) is 25.9 Å². The maximum absolute atomic E-state index is 15.1. The standard InChI is InChI=1S/C26H26FN7O2S/c1-15-28-10-12-33(15)13-11-31-25(36)21-22(35)17-14-18(27)23(30-9-8-29-16-6-7-16)32-24(17)34-19-4-2-3-5-20(19)37-26(21)34/h2-5,10,12,14,16,29H,6-9,11,13H2,1H3,(H,30,32)(H,31,36). The monoisotopic (exact) mass is 519 g/mol. The summed E-state index contributed by atoms with van der Waals surface area (Å²) in [6.07, 6.45) is 5.88. The minimum absolute atomic E-state index is 0.00778. The molecule has 1 fully saturated rings. The average molecular weight is 520 g/mol. The lowest BCUT2D eigenvalue weighted by atomic mass is 10.1. The number of hydrogen-bond acceptors (Lipinski definition) is 7. The number of aromatic nitrogens is 4. The number of rotatable bonds is 9. The maximum Gasteiger partial charge on any atom is 0.258 e. The van der Waals surface area contributed by atoms with Crippen molar-refractivity contribution >= 4 is 49.1 Å². The van der Waals surface area contributed by atoms with Crippen LogP contribution < -0.4 is 21.4 Å². The molecule has 5 aromatic rings. The van der Waals surface area contributed by atoms with E-state index in [0.717, 1.165) is 16.0 Å². The first kappa shape index (κ1) is 23.6. The first-order valence-electron chi connectivity index (χ1n) is 12.3. The Balaban J connectivity index is 1.41. The van der Waals surface area contributed by atoms with Gasteiger partial charge in [-0.15, -0.1) is 11.3 Å². The minimum Gasteiger partial charge on any atom is -0.366 e. The molecule has 0 radical (unpaired) electrons. The number of nitrogens with zero attached hydrogens (tertiary/aromatic N) is 4. The number of para-hydroxylation sites is 1. The van der Waals surface area contributed by atoms with Crippen molar-refractivity contribution in [1.29, 1.82) is 0 Å². The smallest absolute Gasteiger partial charge is 0.258 e. The van der Waals surface area contributed by atoms with Gasteiger partial charge in [0.2, 0.25) is 5.43 Å². The molecule has 4 aromatic heterocycles. The summed E-state index contributed by atoms with van der Waals surface area (Å²) in [6, 6.07) is 9.37.